The molecule has 12 rings (SSSR count). The lowest BCUT2D eigenvalue weighted by atomic mass is 10.1. The van der Waals surface area contributed by atoms with Crippen LogP contribution in [0.1, 0.15) is 16.7 Å². The number of pyridine rings is 4. The summed E-state index contributed by atoms with van der Waals surface area (Å²) >= 11 is 0. The molecule has 5 N–H and O–H groups in total. The number of nitrogens with one attached hydrogen (secondary N) is 1. The summed E-state index contributed by atoms with van der Waals surface area (Å²) in [5.74, 6) is 2.65. The Labute approximate surface area is 399 Å². The molecule has 0 atom stereocenters. The highest BCUT2D eigenvalue weighted by atomic mass is 16.2. The van der Waals surface area contributed by atoms with Crippen molar-refractivity contribution in [2.75, 3.05) is 28.7 Å². The van der Waals surface area contributed by atoms with Gasteiger partial charge in [0, 0.05) is 95.4 Å². The molecule has 4 aromatic carbocycles. The average Bonchev–Trinajstić information content (AvgIpc) is 4.10. The zero-order chi connectivity index (χ0) is 48.4. The van der Waals surface area contributed by atoms with Crippen molar-refractivity contribution in [3.05, 3.63) is 172 Å². The predicted molar refractivity (Wildman–Crippen MR) is 277 cm³/mol. The van der Waals surface area contributed by atoms with E-state index in [2.05, 4.69) is 42.3 Å². The minimum atomic E-state index is -0.0339. The Balaban J connectivity index is 0.000000152. The van der Waals surface area contributed by atoms with Crippen LogP contribution in [-0.2, 0) is 47.8 Å². The maximum absolute atomic E-state index is 12.3. The van der Waals surface area contributed by atoms with Gasteiger partial charge < -0.3 is 21.7 Å². The van der Waals surface area contributed by atoms with Gasteiger partial charge in [-0.1, -0.05) is 24.3 Å². The van der Waals surface area contributed by atoms with E-state index in [-0.39, 0.29) is 11.4 Å². The molecule has 18 heteroatoms. The number of fused-ring (bicyclic) bond motifs is 6. The number of benzene rings is 4. The number of hydrogen-bond acceptors (Lipinski definition) is 12. The lowest BCUT2D eigenvalue weighted by Gasteiger charge is -2.19. The van der Waals surface area contributed by atoms with Crippen LogP contribution in [0.15, 0.2) is 144 Å². The summed E-state index contributed by atoms with van der Waals surface area (Å²) in [6.45, 7) is 1.79. The van der Waals surface area contributed by atoms with E-state index in [0.717, 1.165) is 99.4 Å². The number of nitrogens with zero attached hydrogens (tertiary/aromatic N) is 13. The van der Waals surface area contributed by atoms with Crippen LogP contribution >= 0.6 is 0 Å². The van der Waals surface area contributed by atoms with E-state index >= 15 is 0 Å². The number of aromatic nitrogens is 12. The Morgan fingerprint density at radius 3 is 1.63 bits per heavy atom. The van der Waals surface area contributed by atoms with Crippen molar-refractivity contribution in [2.24, 2.45) is 28.2 Å². The molecule has 8 heterocycles. The number of rotatable bonds is 9. The van der Waals surface area contributed by atoms with Gasteiger partial charge in [-0.25, -0.2) is 29.5 Å². The van der Waals surface area contributed by atoms with Gasteiger partial charge in [0.1, 0.15) is 23.3 Å². The maximum atomic E-state index is 12.3. The molecule has 0 aliphatic heterocycles. The van der Waals surface area contributed by atoms with Gasteiger partial charge in [0.05, 0.1) is 57.0 Å². The molecule has 0 unspecified atom stereocenters. The van der Waals surface area contributed by atoms with Gasteiger partial charge in [-0.05, 0) is 100 Å². The van der Waals surface area contributed by atoms with Gasteiger partial charge in [0.2, 0.25) is 0 Å². The SMILES string of the molecule is CN(c1ccc2c(N)nccc2c1)c1nccc2nn(Cc3ccc4c(c3)n(C)c(=O)n4C)cc12.Cn1c(=O)n(C)c2cc(Cn3cc4c(NCc5ccc6c(N)nccc6c5)nccc4n3)ccc21. The summed E-state index contributed by atoms with van der Waals surface area (Å²) in [6.07, 6.45) is 11.0. The van der Waals surface area contributed by atoms with E-state index < -0.39 is 0 Å². The van der Waals surface area contributed by atoms with Crippen LogP contribution in [0.25, 0.3) is 65.4 Å². The largest absolute Gasteiger partial charge is 0.383 e. The van der Waals surface area contributed by atoms with Crippen LogP contribution in [0.5, 0.6) is 0 Å². The zero-order valence-electron chi connectivity index (χ0n) is 39.1. The molecule has 0 aliphatic rings. The topological polar surface area (TPSA) is 208 Å². The Hall–Kier alpha value is -9.32. The molecule has 70 heavy (non-hydrogen) atoms. The van der Waals surface area contributed by atoms with Crippen molar-refractivity contribution in [3.63, 3.8) is 0 Å². The average molecular weight is 929 g/mol. The van der Waals surface area contributed by atoms with Crippen LogP contribution in [0, 0.1) is 0 Å². The molecular weight excluding hydrogens is 881 g/mol. The van der Waals surface area contributed by atoms with E-state index in [0.29, 0.717) is 31.3 Å². The lowest BCUT2D eigenvalue weighted by molar-refractivity contribution is 0.696. The predicted octanol–water partition coefficient (Wildman–Crippen LogP) is 6.98. The number of imidazole rings is 2. The third kappa shape index (κ3) is 7.66. The minimum absolute atomic E-state index is 0.0321. The van der Waals surface area contributed by atoms with E-state index in [1.807, 2.05) is 114 Å². The molecule has 348 valence electrons. The monoisotopic (exact) mass is 928 g/mol. The lowest BCUT2D eigenvalue weighted by Crippen LogP contribution is -2.19. The summed E-state index contributed by atoms with van der Waals surface area (Å²) in [7, 11) is 9.16. The van der Waals surface area contributed by atoms with E-state index in [1.54, 1.807) is 71.2 Å². The van der Waals surface area contributed by atoms with Crippen molar-refractivity contribution in [2.45, 2.75) is 19.6 Å². The van der Waals surface area contributed by atoms with Crippen molar-refractivity contribution in [1.29, 1.82) is 0 Å². The molecule has 0 radical (unpaired) electrons. The van der Waals surface area contributed by atoms with E-state index in [1.165, 1.54) is 0 Å². The number of hydrogen-bond donors (Lipinski definition) is 3. The summed E-state index contributed by atoms with van der Waals surface area (Å²) < 4.78 is 10.5. The molecule has 0 amide bonds. The quantitative estimate of drug-likeness (QED) is 0.134. The smallest absolute Gasteiger partial charge is 0.328 e. The standard InChI is InChI=1S/2C26H24N8O/c1-31(18-5-6-19-17(13-18)8-10-28-24(19)27)25-20-15-34(30-21(20)9-11-29-25)14-16-4-7-22-23(12-16)33(3)26(35)32(22)2;1-32-22-6-4-17(12-23(22)33(2)26(32)35)14-34-15-20-21(31-34)8-10-29-25(20)30-13-16-3-5-19-18(11-16)7-9-28-24(19)27/h4-13,15H,14H2,1-3H3,(H2,27,28);3-12,15H,13-14H2,1-2H3,(H2,27,28)(H,29,30). The van der Waals surface area contributed by atoms with Crippen LogP contribution in [0.4, 0.5) is 29.0 Å². The van der Waals surface area contributed by atoms with Crippen molar-refractivity contribution in [1.82, 2.24) is 57.8 Å². The first kappa shape index (κ1) is 43.3. The summed E-state index contributed by atoms with van der Waals surface area (Å²) in [6, 6.07) is 32.1. The Bertz CT molecular complexity index is 4140. The van der Waals surface area contributed by atoms with Gasteiger partial charge >= 0.3 is 11.4 Å². The van der Waals surface area contributed by atoms with Gasteiger partial charge in [-0.3, -0.25) is 27.6 Å². The van der Waals surface area contributed by atoms with Crippen LogP contribution in [0.2, 0.25) is 0 Å². The highest BCUT2D eigenvalue weighted by molar-refractivity contribution is 5.96. The van der Waals surface area contributed by atoms with Crippen molar-refractivity contribution in [3.8, 4) is 0 Å². The Kier molecular flexibility index (Phi) is 10.6. The molecule has 8 aromatic heterocycles. The molecule has 0 aliphatic carbocycles. The van der Waals surface area contributed by atoms with Crippen LogP contribution in [-0.4, -0.2) is 64.8 Å². The fraction of sp³-hybridized carbons (Fsp3) is 0.154. The second-order valence-corrected chi connectivity index (χ2v) is 17.5. The van der Waals surface area contributed by atoms with Gasteiger partial charge in [-0.15, -0.1) is 0 Å². The number of anilines is 5. The second-order valence-electron chi connectivity index (χ2n) is 17.5. The summed E-state index contributed by atoms with van der Waals surface area (Å²) in [4.78, 5) is 44.1. The fourth-order valence-corrected chi connectivity index (χ4v) is 9.29. The fourth-order valence-electron chi connectivity index (χ4n) is 9.29. The first-order valence-corrected chi connectivity index (χ1v) is 22.6. The Morgan fingerprint density at radius 1 is 0.514 bits per heavy atom. The number of nitrogen functional groups attached to an aromatic ring is 2. The third-order valence-corrected chi connectivity index (χ3v) is 13.1. The van der Waals surface area contributed by atoms with E-state index in [4.69, 9.17) is 21.7 Å². The maximum Gasteiger partial charge on any atom is 0.328 e. The molecule has 0 bridgehead atoms. The summed E-state index contributed by atoms with van der Waals surface area (Å²) in [5, 5.41) is 18.8. The highest BCUT2D eigenvalue weighted by Gasteiger charge is 2.16. The normalized spacial score (nSPS) is 11.6. The van der Waals surface area contributed by atoms with Crippen LogP contribution in [0.3, 0.4) is 0 Å². The van der Waals surface area contributed by atoms with Crippen molar-refractivity contribution >= 4 is 94.4 Å². The van der Waals surface area contributed by atoms with Gasteiger partial charge in [0.25, 0.3) is 0 Å². The number of nitrogens with two attached hydrogens (primary N) is 2. The first-order valence-electron chi connectivity index (χ1n) is 22.6. The molecular formula is C52H48N16O2. The third-order valence-electron chi connectivity index (χ3n) is 13.1. The van der Waals surface area contributed by atoms with Crippen molar-refractivity contribution < 1.29 is 0 Å². The zero-order valence-corrected chi connectivity index (χ0v) is 39.1. The molecule has 12 aromatic rings. The molecule has 0 spiro atoms. The molecule has 18 nitrogen and oxygen atoms in total. The first-order chi connectivity index (χ1) is 33.9. The van der Waals surface area contributed by atoms with Gasteiger partial charge in [0.15, 0.2) is 0 Å². The Morgan fingerprint density at radius 2 is 1.01 bits per heavy atom. The van der Waals surface area contributed by atoms with Gasteiger partial charge in [-0.2, -0.15) is 10.2 Å². The molecule has 0 fully saturated rings. The number of aryl methyl sites for hydroxylation is 4. The van der Waals surface area contributed by atoms with Crippen LogP contribution < -0.4 is 33.1 Å². The second kappa shape index (κ2) is 17.1. The minimum Gasteiger partial charge on any atom is -0.383 e. The highest BCUT2D eigenvalue weighted by Crippen LogP contribution is 2.32. The van der Waals surface area contributed by atoms with E-state index in [9.17, 15) is 9.59 Å². The molecule has 0 saturated carbocycles. The molecule has 0 saturated heterocycles. The summed E-state index contributed by atoms with van der Waals surface area (Å²) in [5.41, 5.74) is 21.5.